The molecule has 0 fully saturated rings. The lowest BCUT2D eigenvalue weighted by atomic mass is 10.1. The van der Waals surface area contributed by atoms with Gasteiger partial charge in [-0.25, -0.2) is 4.79 Å². The third kappa shape index (κ3) is 4.83. The van der Waals surface area contributed by atoms with Crippen molar-refractivity contribution in [3.8, 4) is 5.75 Å². The summed E-state index contributed by atoms with van der Waals surface area (Å²) >= 11 is 0. The van der Waals surface area contributed by atoms with Crippen LogP contribution in [0.3, 0.4) is 0 Å². The maximum atomic E-state index is 11.4. The Bertz CT molecular complexity index is 494. The normalized spacial score (nSPS) is 10.4. The highest BCUT2D eigenvalue weighted by atomic mass is 16.5. The number of amides is 1. The van der Waals surface area contributed by atoms with E-state index in [9.17, 15) is 9.59 Å². The first kappa shape index (κ1) is 14.8. The number of hydrogen-bond donors (Lipinski definition) is 2. The molecular formula is C14H17NO4. The maximum absolute atomic E-state index is 11.4. The molecule has 1 aromatic carbocycles. The Hall–Kier alpha value is -2.30. The van der Waals surface area contributed by atoms with E-state index in [1.807, 2.05) is 25.1 Å². The molecule has 1 rings (SSSR count). The van der Waals surface area contributed by atoms with E-state index in [2.05, 4.69) is 5.32 Å². The highest BCUT2D eigenvalue weighted by Gasteiger charge is 2.05. The Kier molecular flexibility index (Phi) is 5.60. The van der Waals surface area contributed by atoms with Gasteiger partial charge in [0.1, 0.15) is 5.75 Å². The zero-order chi connectivity index (χ0) is 14.3. The molecule has 19 heavy (non-hydrogen) atoms. The van der Waals surface area contributed by atoms with Gasteiger partial charge in [-0.05, 0) is 18.1 Å². The zero-order valence-electron chi connectivity index (χ0n) is 11.0. The molecule has 0 bridgehead atoms. The monoisotopic (exact) mass is 263 g/mol. The smallest absolute Gasteiger partial charge is 0.328 e. The standard InChI is InChI=1S/C14H17NO4/c1-3-10-4-5-12(19-2)11(8-10)9-15-13(16)6-7-14(17)18/h4-8H,3,9H2,1-2H3,(H,15,16)(H,17,18)/b7-6+. The van der Waals surface area contributed by atoms with E-state index in [0.717, 1.165) is 29.7 Å². The van der Waals surface area contributed by atoms with Gasteiger partial charge in [-0.15, -0.1) is 0 Å². The minimum absolute atomic E-state index is 0.291. The Labute approximate surface area is 111 Å². The first-order chi connectivity index (χ1) is 9.06. The number of hydrogen-bond acceptors (Lipinski definition) is 3. The van der Waals surface area contributed by atoms with Gasteiger partial charge in [-0.2, -0.15) is 0 Å². The predicted molar refractivity (Wildman–Crippen MR) is 71.0 cm³/mol. The number of aliphatic carboxylic acids is 1. The summed E-state index contributed by atoms with van der Waals surface area (Å²) in [5.74, 6) is -0.910. The Morgan fingerprint density at radius 1 is 1.37 bits per heavy atom. The van der Waals surface area contributed by atoms with Gasteiger partial charge in [0.2, 0.25) is 5.91 Å². The second kappa shape index (κ2) is 7.20. The molecule has 102 valence electrons. The molecule has 0 aliphatic heterocycles. The molecule has 1 amide bonds. The van der Waals surface area contributed by atoms with Crippen LogP contribution in [0.4, 0.5) is 0 Å². The third-order valence-electron chi connectivity index (χ3n) is 2.58. The van der Waals surface area contributed by atoms with Crippen molar-refractivity contribution in [3.63, 3.8) is 0 Å². The fraction of sp³-hybridized carbons (Fsp3) is 0.286. The molecule has 5 heteroatoms. The summed E-state index contributed by atoms with van der Waals surface area (Å²) in [5, 5.41) is 11.0. The van der Waals surface area contributed by atoms with E-state index < -0.39 is 11.9 Å². The number of carboxylic acids is 1. The minimum atomic E-state index is -1.15. The summed E-state index contributed by atoms with van der Waals surface area (Å²) in [6, 6.07) is 5.78. The number of nitrogens with one attached hydrogen (secondary N) is 1. The maximum Gasteiger partial charge on any atom is 0.328 e. The van der Waals surface area contributed by atoms with E-state index in [1.165, 1.54) is 0 Å². The van der Waals surface area contributed by atoms with Crippen molar-refractivity contribution in [1.82, 2.24) is 5.32 Å². The van der Waals surface area contributed by atoms with E-state index in [4.69, 9.17) is 9.84 Å². The number of rotatable bonds is 6. The van der Waals surface area contributed by atoms with Gasteiger partial charge in [-0.3, -0.25) is 4.79 Å². The summed E-state index contributed by atoms with van der Waals surface area (Å²) in [7, 11) is 1.57. The van der Waals surface area contributed by atoms with Crippen molar-refractivity contribution >= 4 is 11.9 Å². The van der Waals surface area contributed by atoms with Crippen LogP contribution in [0.2, 0.25) is 0 Å². The lowest BCUT2D eigenvalue weighted by Crippen LogP contribution is -2.21. The highest BCUT2D eigenvalue weighted by molar-refractivity contribution is 5.93. The third-order valence-corrected chi connectivity index (χ3v) is 2.58. The van der Waals surface area contributed by atoms with E-state index in [1.54, 1.807) is 7.11 Å². The van der Waals surface area contributed by atoms with Crippen LogP contribution in [-0.2, 0) is 22.6 Å². The van der Waals surface area contributed by atoms with Crippen LogP contribution >= 0.6 is 0 Å². The quantitative estimate of drug-likeness (QED) is 0.763. The molecule has 2 N–H and O–H groups in total. The zero-order valence-corrected chi connectivity index (χ0v) is 11.0. The number of carbonyl (C=O) groups is 2. The Morgan fingerprint density at radius 2 is 2.11 bits per heavy atom. The van der Waals surface area contributed by atoms with Crippen LogP contribution in [0.1, 0.15) is 18.1 Å². The number of aryl methyl sites for hydroxylation is 1. The summed E-state index contributed by atoms with van der Waals surface area (Å²) in [5.41, 5.74) is 2.00. The minimum Gasteiger partial charge on any atom is -0.496 e. The van der Waals surface area contributed by atoms with Crippen molar-refractivity contribution in [2.45, 2.75) is 19.9 Å². The van der Waals surface area contributed by atoms with Crippen LogP contribution in [0.15, 0.2) is 30.4 Å². The number of carboxylic acid groups (broad SMARTS) is 1. The molecular weight excluding hydrogens is 246 g/mol. The average molecular weight is 263 g/mol. The largest absolute Gasteiger partial charge is 0.496 e. The molecule has 0 spiro atoms. The first-order valence-corrected chi connectivity index (χ1v) is 5.91. The first-order valence-electron chi connectivity index (χ1n) is 5.91. The number of carbonyl (C=O) groups excluding carboxylic acids is 1. The molecule has 0 atom stereocenters. The summed E-state index contributed by atoms with van der Waals surface area (Å²) in [6.07, 6.45) is 2.68. The van der Waals surface area contributed by atoms with Crippen LogP contribution < -0.4 is 10.1 Å². The summed E-state index contributed by atoms with van der Waals surface area (Å²) in [4.78, 5) is 21.6. The molecule has 0 heterocycles. The van der Waals surface area contributed by atoms with Gasteiger partial charge in [0.05, 0.1) is 7.11 Å². The average Bonchev–Trinajstić information content (AvgIpc) is 2.42. The van der Waals surface area contributed by atoms with Crippen LogP contribution in [-0.4, -0.2) is 24.1 Å². The van der Waals surface area contributed by atoms with Gasteiger partial charge < -0.3 is 15.2 Å². The molecule has 0 unspecified atom stereocenters. The Balaban J connectivity index is 2.70. The van der Waals surface area contributed by atoms with Crippen molar-refractivity contribution in [3.05, 3.63) is 41.5 Å². The molecule has 0 aliphatic rings. The fourth-order valence-corrected chi connectivity index (χ4v) is 1.58. The molecule has 1 aromatic rings. The molecule has 5 nitrogen and oxygen atoms in total. The van der Waals surface area contributed by atoms with Gasteiger partial charge in [0.25, 0.3) is 0 Å². The molecule has 0 saturated carbocycles. The SMILES string of the molecule is CCc1ccc(OC)c(CNC(=O)/C=C/C(=O)O)c1. The van der Waals surface area contributed by atoms with Crippen molar-refractivity contribution in [2.24, 2.45) is 0 Å². The van der Waals surface area contributed by atoms with E-state index in [0.29, 0.717) is 12.3 Å². The van der Waals surface area contributed by atoms with Crippen LogP contribution in [0, 0.1) is 0 Å². The summed E-state index contributed by atoms with van der Waals surface area (Å²) in [6.45, 7) is 2.33. The molecule has 0 aliphatic carbocycles. The van der Waals surface area contributed by atoms with E-state index >= 15 is 0 Å². The van der Waals surface area contributed by atoms with Crippen molar-refractivity contribution in [2.75, 3.05) is 7.11 Å². The van der Waals surface area contributed by atoms with Gasteiger partial charge in [0.15, 0.2) is 0 Å². The Morgan fingerprint density at radius 3 is 2.68 bits per heavy atom. The number of ether oxygens (including phenoxy) is 1. The molecule has 0 radical (unpaired) electrons. The van der Waals surface area contributed by atoms with Crippen molar-refractivity contribution < 1.29 is 19.4 Å². The summed E-state index contributed by atoms with van der Waals surface area (Å²) < 4.78 is 5.21. The second-order valence-electron chi connectivity index (χ2n) is 3.89. The van der Waals surface area contributed by atoms with Gasteiger partial charge in [-0.1, -0.05) is 19.1 Å². The lowest BCUT2D eigenvalue weighted by molar-refractivity contribution is -0.131. The lowest BCUT2D eigenvalue weighted by Gasteiger charge is -2.10. The second-order valence-corrected chi connectivity index (χ2v) is 3.89. The van der Waals surface area contributed by atoms with Crippen molar-refractivity contribution in [1.29, 1.82) is 0 Å². The van der Waals surface area contributed by atoms with Gasteiger partial charge >= 0.3 is 5.97 Å². The van der Waals surface area contributed by atoms with Crippen LogP contribution in [0.25, 0.3) is 0 Å². The highest BCUT2D eigenvalue weighted by Crippen LogP contribution is 2.19. The number of methoxy groups -OCH3 is 1. The van der Waals surface area contributed by atoms with Gasteiger partial charge in [0, 0.05) is 24.3 Å². The predicted octanol–water partition coefficient (Wildman–Crippen LogP) is 1.51. The molecule has 0 saturated heterocycles. The molecule has 0 aromatic heterocycles. The van der Waals surface area contributed by atoms with E-state index in [-0.39, 0.29) is 0 Å². The number of benzene rings is 1. The van der Waals surface area contributed by atoms with Crippen LogP contribution in [0.5, 0.6) is 5.75 Å². The topological polar surface area (TPSA) is 75.6 Å². The fourth-order valence-electron chi connectivity index (χ4n) is 1.58.